The van der Waals surface area contributed by atoms with Gasteiger partial charge in [0.05, 0.1) is 0 Å². The monoisotopic (exact) mass is 243 g/mol. The molecular weight excluding hydrogens is 234 g/mol. The summed E-state index contributed by atoms with van der Waals surface area (Å²) in [6.45, 7) is 0.832. The van der Waals surface area contributed by atoms with Crippen molar-refractivity contribution in [3.05, 3.63) is 11.1 Å². The summed E-state index contributed by atoms with van der Waals surface area (Å²) in [4.78, 5) is 36.1. The topological polar surface area (TPSA) is 111 Å². The van der Waals surface area contributed by atoms with E-state index in [0.29, 0.717) is 5.13 Å². The minimum atomic E-state index is -0.758. The molecule has 86 valence electrons. The van der Waals surface area contributed by atoms with Crippen LogP contribution in [0.1, 0.15) is 17.4 Å². The molecular formula is C8H9N3O4S. The molecule has 16 heavy (non-hydrogen) atoms. The second kappa shape index (κ2) is 5.21. The Hall–Kier alpha value is -1.96. The second-order valence-electron chi connectivity index (χ2n) is 2.76. The van der Waals surface area contributed by atoms with Gasteiger partial charge in [-0.15, -0.1) is 11.3 Å². The molecule has 7 nitrogen and oxygen atoms in total. The van der Waals surface area contributed by atoms with Crippen molar-refractivity contribution in [3.8, 4) is 0 Å². The van der Waals surface area contributed by atoms with Crippen molar-refractivity contribution in [1.29, 1.82) is 0 Å². The molecule has 1 heterocycles. The zero-order valence-electron chi connectivity index (χ0n) is 8.35. The molecule has 3 N–H and O–H groups in total. The molecule has 0 aliphatic heterocycles. The van der Waals surface area contributed by atoms with Gasteiger partial charge in [0.15, 0.2) is 17.4 Å². The lowest BCUT2D eigenvalue weighted by Gasteiger charge is -1.98. The van der Waals surface area contributed by atoms with Crippen LogP contribution in [0, 0.1) is 0 Å². The van der Waals surface area contributed by atoms with Crippen LogP contribution in [0.3, 0.4) is 0 Å². The van der Waals surface area contributed by atoms with Crippen molar-refractivity contribution in [2.75, 3.05) is 11.9 Å². The quantitative estimate of drug-likeness (QED) is 0.708. The zero-order chi connectivity index (χ0) is 12.1. The van der Waals surface area contributed by atoms with Gasteiger partial charge in [0.2, 0.25) is 5.91 Å². The van der Waals surface area contributed by atoms with Gasteiger partial charge in [0, 0.05) is 12.3 Å². The van der Waals surface area contributed by atoms with Gasteiger partial charge in [0.1, 0.15) is 0 Å². The molecule has 0 saturated heterocycles. The smallest absolute Gasteiger partial charge is 0.358 e. The number of ether oxygens (including phenoxy) is 1. The van der Waals surface area contributed by atoms with E-state index in [4.69, 9.17) is 5.73 Å². The summed E-state index contributed by atoms with van der Waals surface area (Å²) in [6.07, 6.45) is 0. The summed E-state index contributed by atoms with van der Waals surface area (Å²) < 4.78 is 4.53. The Morgan fingerprint density at radius 2 is 2.25 bits per heavy atom. The van der Waals surface area contributed by atoms with Crippen LogP contribution >= 0.6 is 11.3 Å². The SMILES string of the molecule is CC(=O)Nc1nc(C(=O)OCC(N)=O)cs1. The maximum atomic E-state index is 11.2. The van der Waals surface area contributed by atoms with Crippen LogP contribution < -0.4 is 11.1 Å². The number of nitrogens with zero attached hydrogens (tertiary/aromatic N) is 1. The van der Waals surface area contributed by atoms with Crippen molar-refractivity contribution in [2.45, 2.75) is 6.92 Å². The predicted octanol–water partition coefficient (Wildman–Crippen LogP) is -0.256. The molecule has 0 aliphatic carbocycles. The first-order chi connectivity index (χ1) is 7.49. The lowest BCUT2D eigenvalue weighted by atomic mass is 10.5. The van der Waals surface area contributed by atoms with Crippen LogP contribution in [0.25, 0.3) is 0 Å². The number of amides is 2. The Labute approximate surface area is 94.6 Å². The summed E-state index contributed by atoms with van der Waals surface area (Å²) in [5.41, 5.74) is 4.82. The molecule has 1 aromatic heterocycles. The second-order valence-corrected chi connectivity index (χ2v) is 3.62. The molecule has 0 aliphatic rings. The molecule has 1 aromatic rings. The maximum Gasteiger partial charge on any atom is 0.358 e. The number of esters is 1. The summed E-state index contributed by atoms with van der Waals surface area (Å²) in [7, 11) is 0. The average Bonchev–Trinajstić information content (AvgIpc) is 2.61. The van der Waals surface area contributed by atoms with E-state index in [1.165, 1.54) is 12.3 Å². The molecule has 0 unspecified atom stereocenters. The number of anilines is 1. The Morgan fingerprint density at radius 1 is 1.56 bits per heavy atom. The number of aromatic nitrogens is 1. The van der Waals surface area contributed by atoms with Gasteiger partial charge in [0.25, 0.3) is 5.91 Å². The van der Waals surface area contributed by atoms with Crippen LogP contribution in [-0.4, -0.2) is 29.4 Å². The van der Waals surface area contributed by atoms with E-state index in [1.807, 2.05) is 0 Å². The molecule has 2 amide bonds. The van der Waals surface area contributed by atoms with Crippen molar-refractivity contribution in [3.63, 3.8) is 0 Å². The van der Waals surface area contributed by atoms with E-state index in [9.17, 15) is 14.4 Å². The predicted molar refractivity (Wildman–Crippen MR) is 55.9 cm³/mol. The van der Waals surface area contributed by atoms with Crippen molar-refractivity contribution < 1.29 is 19.1 Å². The van der Waals surface area contributed by atoms with Crippen molar-refractivity contribution in [2.24, 2.45) is 5.73 Å². The normalized spacial score (nSPS) is 9.56. The van der Waals surface area contributed by atoms with Gasteiger partial charge < -0.3 is 15.8 Å². The summed E-state index contributed by atoms with van der Waals surface area (Å²) >= 11 is 1.08. The number of thiazole rings is 1. The highest BCUT2D eigenvalue weighted by atomic mass is 32.1. The van der Waals surface area contributed by atoms with Gasteiger partial charge in [-0.05, 0) is 0 Å². The number of rotatable bonds is 4. The molecule has 0 spiro atoms. The molecule has 0 atom stereocenters. The Bertz CT molecular complexity index is 429. The Kier molecular flexibility index (Phi) is 3.95. The van der Waals surface area contributed by atoms with E-state index in [2.05, 4.69) is 15.0 Å². The van der Waals surface area contributed by atoms with Crippen LogP contribution in [0.15, 0.2) is 5.38 Å². The summed E-state index contributed by atoms with van der Waals surface area (Å²) in [6, 6.07) is 0. The number of carbonyl (C=O) groups excluding carboxylic acids is 3. The third kappa shape index (κ3) is 3.65. The van der Waals surface area contributed by atoms with E-state index in [1.54, 1.807) is 0 Å². The Balaban J connectivity index is 2.59. The maximum absolute atomic E-state index is 11.2. The number of nitrogens with two attached hydrogens (primary N) is 1. The van der Waals surface area contributed by atoms with Crippen molar-refractivity contribution >= 4 is 34.3 Å². The van der Waals surface area contributed by atoms with Crippen LogP contribution in [0.4, 0.5) is 5.13 Å². The minimum absolute atomic E-state index is 0.0231. The van der Waals surface area contributed by atoms with E-state index >= 15 is 0 Å². The lowest BCUT2D eigenvalue weighted by molar-refractivity contribution is -0.121. The molecule has 0 saturated carbocycles. The lowest BCUT2D eigenvalue weighted by Crippen LogP contribution is -2.21. The van der Waals surface area contributed by atoms with Gasteiger partial charge in [-0.3, -0.25) is 9.59 Å². The number of hydrogen-bond acceptors (Lipinski definition) is 6. The third-order valence-corrected chi connectivity index (χ3v) is 2.10. The third-order valence-electron chi connectivity index (χ3n) is 1.34. The van der Waals surface area contributed by atoms with Crippen molar-refractivity contribution in [1.82, 2.24) is 4.98 Å². The zero-order valence-corrected chi connectivity index (χ0v) is 9.17. The minimum Gasteiger partial charge on any atom is -0.451 e. The largest absolute Gasteiger partial charge is 0.451 e. The molecule has 8 heteroatoms. The molecule has 1 rings (SSSR count). The highest BCUT2D eigenvalue weighted by Crippen LogP contribution is 2.15. The molecule has 0 radical (unpaired) electrons. The van der Waals surface area contributed by atoms with Crippen LogP contribution in [0.5, 0.6) is 0 Å². The number of hydrogen-bond donors (Lipinski definition) is 2. The van der Waals surface area contributed by atoms with E-state index < -0.39 is 18.5 Å². The molecule has 0 aromatic carbocycles. The van der Waals surface area contributed by atoms with E-state index in [0.717, 1.165) is 11.3 Å². The highest BCUT2D eigenvalue weighted by Gasteiger charge is 2.13. The Morgan fingerprint density at radius 3 is 2.81 bits per heavy atom. The fraction of sp³-hybridized carbons (Fsp3) is 0.250. The van der Waals surface area contributed by atoms with E-state index in [-0.39, 0.29) is 11.6 Å². The number of carbonyl (C=O) groups is 3. The number of nitrogens with one attached hydrogen (secondary N) is 1. The first-order valence-electron chi connectivity index (χ1n) is 4.17. The number of primary amides is 1. The molecule has 0 fully saturated rings. The first-order valence-corrected chi connectivity index (χ1v) is 5.05. The average molecular weight is 243 g/mol. The first kappa shape index (κ1) is 12.1. The summed E-state index contributed by atoms with van der Waals surface area (Å²) in [5, 5.41) is 4.12. The standard InChI is InChI=1S/C8H9N3O4S/c1-4(12)10-8-11-5(3-16-8)7(14)15-2-6(9)13/h3H,2H2,1H3,(H2,9,13)(H,10,11,12). The summed E-state index contributed by atoms with van der Waals surface area (Å²) in [5.74, 6) is -1.79. The molecule has 0 bridgehead atoms. The van der Waals surface area contributed by atoms with Gasteiger partial charge >= 0.3 is 5.97 Å². The fourth-order valence-corrected chi connectivity index (χ4v) is 1.51. The fourth-order valence-electron chi connectivity index (χ4n) is 0.786. The highest BCUT2D eigenvalue weighted by molar-refractivity contribution is 7.14. The van der Waals surface area contributed by atoms with Crippen LogP contribution in [-0.2, 0) is 14.3 Å². The van der Waals surface area contributed by atoms with Crippen LogP contribution in [0.2, 0.25) is 0 Å². The van der Waals surface area contributed by atoms with Gasteiger partial charge in [-0.1, -0.05) is 0 Å². The van der Waals surface area contributed by atoms with Gasteiger partial charge in [-0.2, -0.15) is 0 Å². The van der Waals surface area contributed by atoms with Gasteiger partial charge in [-0.25, -0.2) is 9.78 Å².